The van der Waals surface area contributed by atoms with E-state index >= 15 is 0 Å². The fraction of sp³-hybridized carbons (Fsp3) is 0.647. The van der Waals surface area contributed by atoms with Gasteiger partial charge < -0.3 is 14.7 Å². The molecule has 1 saturated carbocycles. The number of alkyl halides is 3. The predicted molar refractivity (Wildman–Crippen MR) is 83.3 cm³/mol. The Hall–Kier alpha value is -1.99. The first-order valence-electron chi connectivity index (χ1n) is 8.45. The van der Waals surface area contributed by atoms with Crippen molar-refractivity contribution in [3.8, 4) is 5.88 Å². The minimum atomic E-state index is -4.49. The fourth-order valence-corrected chi connectivity index (χ4v) is 4.11. The summed E-state index contributed by atoms with van der Waals surface area (Å²) in [4.78, 5) is 16.0. The Morgan fingerprint density at radius 2 is 2.04 bits per heavy atom. The zero-order valence-corrected chi connectivity index (χ0v) is 13.8. The first-order valence-corrected chi connectivity index (χ1v) is 8.45. The van der Waals surface area contributed by atoms with Gasteiger partial charge in [0, 0.05) is 19.2 Å². The molecule has 1 unspecified atom stereocenters. The first kappa shape index (κ1) is 17.8. The lowest BCUT2D eigenvalue weighted by Gasteiger charge is -2.42. The second-order valence-electron chi connectivity index (χ2n) is 6.89. The monoisotopic (exact) mass is 358 g/mol. The van der Waals surface area contributed by atoms with E-state index in [1.807, 2.05) is 0 Å². The Labute approximate surface area is 143 Å². The summed E-state index contributed by atoms with van der Waals surface area (Å²) in [6, 6.07) is 3.65. The zero-order chi connectivity index (χ0) is 18.1. The molecule has 0 bridgehead atoms. The number of ether oxygens (including phenoxy) is 1. The van der Waals surface area contributed by atoms with Crippen molar-refractivity contribution in [2.45, 2.75) is 38.3 Å². The van der Waals surface area contributed by atoms with Crippen LogP contribution in [0.2, 0.25) is 0 Å². The van der Waals surface area contributed by atoms with Crippen molar-refractivity contribution in [3.63, 3.8) is 0 Å². The largest absolute Gasteiger partial charge is 0.477 e. The van der Waals surface area contributed by atoms with Gasteiger partial charge in [-0.05, 0) is 43.1 Å². The van der Waals surface area contributed by atoms with E-state index in [1.165, 1.54) is 17.0 Å². The second-order valence-corrected chi connectivity index (χ2v) is 6.89. The predicted octanol–water partition coefficient (Wildman–Crippen LogP) is 4.04. The van der Waals surface area contributed by atoms with E-state index in [2.05, 4.69) is 4.98 Å². The quantitative estimate of drug-likeness (QED) is 0.886. The van der Waals surface area contributed by atoms with Gasteiger partial charge in [0.1, 0.15) is 5.69 Å². The van der Waals surface area contributed by atoms with Crippen LogP contribution in [0, 0.1) is 11.3 Å². The highest BCUT2D eigenvalue weighted by Crippen LogP contribution is 2.50. The molecule has 0 aromatic carbocycles. The van der Waals surface area contributed by atoms with Crippen LogP contribution in [0.3, 0.4) is 0 Å². The molecule has 1 aliphatic heterocycles. The SMILES string of the molecule is O=C(O)N1CCC2(CCCC2COc2cccc(C(F)(F)F)n2)CC1. The molecular weight excluding hydrogens is 337 g/mol. The summed E-state index contributed by atoms with van der Waals surface area (Å²) >= 11 is 0. The van der Waals surface area contributed by atoms with E-state index in [0.717, 1.165) is 38.2 Å². The third-order valence-corrected chi connectivity index (χ3v) is 5.57. The average Bonchev–Trinajstić information content (AvgIpc) is 2.95. The van der Waals surface area contributed by atoms with Gasteiger partial charge in [0.25, 0.3) is 0 Å². The number of pyridine rings is 1. The summed E-state index contributed by atoms with van der Waals surface area (Å²) < 4.78 is 43.8. The number of aromatic nitrogens is 1. The minimum absolute atomic E-state index is 0.0140. The highest BCUT2D eigenvalue weighted by Gasteiger charge is 2.45. The maximum atomic E-state index is 12.7. The number of nitrogens with zero attached hydrogens (tertiary/aromatic N) is 2. The Morgan fingerprint density at radius 1 is 1.32 bits per heavy atom. The summed E-state index contributed by atoms with van der Waals surface area (Å²) in [6.45, 7) is 1.34. The van der Waals surface area contributed by atoms with Gasteiger partial charge >= 0.3 is 12.3 Å². The molecule has 8 heteroatoms. The molecule has 0 radical (unpaired) electrons. The lowest BCUT2D eigenvalue weighted by Crippen LogP contribution is -2.45. The maximum absolute atomic E-state index is 12.7. The van der Waals surface area contributed by atoms with Crippen LogP contribution in [0.15, 0.2) is 18.2 Å². The van der Waals surface area contributed by atoms with E-state index in [9.17, 15) is 18.0 Å². The maximum Gasteiger partial charge on any atom is 0.433 e. The van der Waals surface area contributed by atoms with E-state index in [0.29, 0.717) is 19.7 Å². The molecule has 3 rings (SSSR count). The lowest BCUT2D eigenvalue weighted by molar-refractivity contribution is -0.141. The van der Waals surface area contributed by atoms with Crippen molar-refractivity contribution in [1.29, 1.82) is 0 Å². The van der Waals surface area contributed by atoms with Crippen LogP contribution in [0.1, 0.15) is 37.8 Å². The van der Waals surface area contributed by atoms with Crippen molar-refractivity contribution in [2.24, 2.45) is 11.3 Å². The molecule has 2 aliphatic rings. The third-order valence-electron chi connectivity index (χ3n) is 5.57. The molecule has 1 amide bonds. The molecule has 2 fully saturated rings. The van der Waals surface area contributed by atoms with E-state index in [-0.39, 0.29) is 17.2 Å². The smallest absolute Gasteiger partial charge is 0.433 e. The van der Waals surface area contributed by atoms with Crippen molar-refractivity contribution < 1.29 is 27.8 Å². The molecule has 1 saturated heterocycles. The Balaban J connectivity index is 1.62. The van der Waals surface area contributed by atoms with Gasteiger partial charge in [-0.15, -0.1) is 0 Å². The number of carboxylic acid groups (broad SMARTS) is 1. The van der Waals surface area contributed by atoms with Crippen LogP contribution >= 0.6 is 0 Å². The molecular formula is C17H21F3N2O3. The molecule has 1 aromatic heterocycles. The summed E-state index contributed by atoms with van der Waals surface area (Å²) in [5, 5.41) is 9.08. The molecule has 1 spiro atoms. The number of carbonyl (C=O) groups is 1. The molecule has 1 aromatic rings. The van der Waals surface area contributed by atoms with Crippen LogP contribution in [0.5, 0.6) is 5.88 Å². The normalized spacial score (nSPS) is 23.0. The Bertz CT molecular complexity index is 628. The van der Waals surface area contributed by atoms with Crippen LogP contribution in [-0.2, 0) is 6.18 Å². The standard InChI is InChI=1S/C17H21F3N2O3/c18-17(19,20)13-4-1-5-14(21-13)25-11-12-3-2-6-16(12)7-9-22(10-8-16)15(23)24/h1,4-5,12H,2-3,6-11H2,(H,23,24). The van der Waals surface area contributed by atoms with E-state index in [1.54, 1.807) is 0 Å². The number of halogens is 3. The molecule has 5 nitrogen and oxygen atoms in total. The number of rotatable bonds is 3. The second kappa shape index (κ2) is 6.72. The number of hydrogen-bond donors (Lipinski definition) is 1. The molecule has 25 heavy (non-hydrogen) atoms. The lowest BCUT2D eigenvalue weighted by atomic mass is 9.71. The van der Waals surface area contributed by atoms with Crippen LogP contribution in [0.4, 0.5) is 18.0 Å². The average molecular weight is 358 g/mol. The topological polar surface area (TPSA) is 62.7 Å². The zero-order valence-electron chi connectivity index (χ0n) is 13.8. The fourth-order valence-electron chi connectivity index (χ4n) is 4.11. The van der Waals surface area contributed by atoms with Crippen molar-refractivity contribution in [1.82, 2.24) is 9.88 Å². The first-order chi connectivity index (χ1) is 11.8. The molecule has 2 heterocycles. The van der Waals surface area contributed by atoms with Crippen LogP contribution in [-0.4, -0.2) is 40.8 Å². The summed E-state index contributed by atoms with van der Waals surface area (Å²) in [7, 11) is 0. The summed E-state index contributed by atoms with van der Waals surface area (Å²) in [5.41, 5.74) is -0.922. The number of amides is 1. The molecule has 1 aliphatic carbocycles. The van der Waals surface area contributed by atoms with Gasteiger partial charge in [0.2, 0.25) is 5.88 Å². The number of hydrogen-bond acceptors (Lipinski definition) is 3. The van der Waals surface area contributed by atoms with Gasteiger partial charge in [-0.3, -0.25) is 0 Å². The number of piperidine rings is 1. The Morgan fingerprint density at radius 3 is 2.68 bits per heavy atom. The van der Waals surface area contributed by atoms with Crippen molar-refractivity contribution in [3.05, 3.63) is 23.9 Å². The molecule has 1 N–H and O–H groups in total. The highest BCUT2D eigenvalue weighted by molar-refractivity contribution is 5.65. The molecule has 138 valence electrons. The molecule has 1 atom stereocenters. The highest BCUT2D eigenvalue weighted by atomic mass is 19.4. The van der Waals surface area contributed by atoms with Gasteiger partial charge in [-0.1, -0.05) is 12.5 Å². The van der Waals surface area contributed by atoms with Gasteiger partial charge in [-0.2, -0.15) is 13.2 Å². The van der Waals surface area contributed by atoms with E-state index < -0.39 is 18.0 Å². The van der Waals surface area contributed by atoms with Crippen molar-refractivity contribution >= 4 is 6.09 Å². The van der Waals surface area contributed by atoms with Gasteiger partial charge in [0.05, 0.1) is 6.61 Å². The summed E-state index contributed by atoms with van der Waals surface area (Å²) in [6.07, 6.45) is -0.813. The third kappa shape index (κ3) is 3.82. The van der Waals surface area contributed by atoms with Crippen LogP contribution in [0.25, 0.3) is 0 Å². The van der Waals surface area contributed by atoms with E-state index in [4.69, 9.17) is 9.84 Å². The van der Waals surface area contributed by atoms with Gasteiger partial charge in [0.15, 0.2) is 0 Å². The van der Waals surface area contributed by atoms with Gasteiger partial charge in [-0.25, -0.2) is 9.78 Å². The summed E-state index contributed by atoms with van der Waals surface area (Å²) in [5.74, 6) is 0.208. The van der Waals surface area contributed by atoms with Crippen molar-refractivity contribution in [2.75, 3.05) is 19.7 Å². The minimum Gasteiger partial charge on any atom is -0.477 e. The Kier molecular flexibility index (Phi) is 4.79. The van der Waals surface area contributed by atoms with Crippen LogP contribution < -0.4 is 4.74 Å². The number of likely N-dealkylation sites (tertiary alicyclic amines) is 1.